The van der Waals surface area contributed by atoms with Crippen LogP contribution in [0.3, 0.4) is 0 Å². The highest BCUT2D eigenvalue weighted by Gasteiger charge is 2.21. The van der Waals surface area contributed by atoms with Crippen LogP contribution in [0.4, 0.5) is 0 Å². The number of aromatic nitrogens is 1. The van der Waals surface area contributed by atoms with Gasteiger partial charge in [-0.15, -0.1) is 30.1 Å². The Balaban J connectivity index is 1.90. The van der Waals surface area contributed by atoms with E-state index in [1.807, 2.05) is 36.4 Å². The first-order valence-corrected chi connectivity index (χ1v) is 10.8. The maximum atomic E-state index is 12.7. The molecule has 0 saturated heterocycles. The fourth-order valence-electron chi connectivity index (χ4n) is 2.53. The molecule has 0 spiro atoms. The third-order valence-corrected chi connectivity index (χ3v) is 6.29. The number of hydrogen-bond donors (Lipinski definition) is 0. The van der Waals surface area contributed by atoms with E-state index in [0.717, 1.165) is 26.9 Å². The van der Waals surface area contributed by atoms with Crippen molar-refractivity contribution in [2.75, 3.05) is 19.2 Å². The van der Waals surface area contributed by atoms with Crippen LogP contribution in [0.15, 0.2) is 59.6 Å². The van der Waals surface area contributed by atoms with Crippen LogP contribution in [0.5, 0.6) is 11.5 Å². The topological polar surface area (TPSA) is 57.7 Å². The van der Waals surface area contributed by atoms with Crippen LogP contribution in [-0.4, -0.2) is 30.1 Å². The summed E-state index contributed by atoms with van der Waals surface area (Å²) < 4.78 is 17.0. The third-order valence-electron chi connectivity index (χ3n) is 3.77. The van der Waals surface area contributed by atoms with Crippen LogP contribution in [0.1, 0.15) is 18.1 Å². The van der Waals surface area contributed by atoms with Crippen molar-refractivity contribution in [1.29, 1.82) is 0 Å². The zero-order valence-corrected chi connectivity index (χ0v) is 17.2. The Morgan fingerprint density at radius 2 is 2.14 bits per heavy atom. The fraction of sp³-hybridized carbons (Fsp3) is 0.238. The molecule has 7 heteroatoms. The molecular weight excluding hydrogens is 394 g/mol. The molecule has 146 valence electrons. The minimum absolute atomic E-state index is 0.250. The van der Waals surface area contributed by atoms with Gasteiger partial charge in [0.05, 0.1) is 16.4 Å². The van der Waals surface area contributed by atoms with Gasteiger partial charge in [-0.1, -0.05) is 18.2 Å². The van der Waals surface area contributed by atoms with Crippen molar-refractivity contribution >= 4 is 35.1 Å². The molecule has 5 nitrogen and oxygen atoms in total. The SMILES string of the molecule is C=CCSC(SCc1ccc2c(c1)OCO2)=C(C(=O)OCC)c1cccnc1. The predicted octanol–water partition coefficient (Wildman–Crippen LogP) is 4.89. The molecule has 0 atom stereocenters. The molecule has 0 radical (unpaired) electrons. The molecule has 1 aromatic carbocycles. The number of fused-ring (bicyclic) bond motifs is 1. The summed E-state index contributed by atoms with van der Waals surface area (Å²) in [6, 6.07) is 9.57. The van der Waals surface area contributed by atoms with E-state index in [9.17, 15) is 4.79 Å². The minimum atomic E-state index is -0.347. The smallest absolute Gasteiger partial charge is 0.340 e. The number of pyridine rings is 1. The number of hydrogen-bond acceptors (Lipinski definition) is 7. The third kappa shape index (κ3) is 5.11. The van der Waals surface area contributed by atoms with Gasteiger partial charge in [0.25, 0.3) is 0 Å². The number of benzene rings is 1. The lowest BCUT2D eigenvalue weighted by molar-refractivity contribution is -0.136. The normalized spacial score (nSPS) is 13.0. The molecule has 0 saturated carbocycles. The van der Waals surface area contributed by atoms with Gasteiger partial charge in [0.15, 0.2) is 11.5 Å². The van der Waals surface area contributed by atoms with Crippen molar-refractivity contribution in [1.82, 2.24) is 4.98 Å². The lowest BCUT2D eigenvalue weighted by atomic mass is 10.1. The molecule has 2 heterocycles. The zero-order valence-electron chi connectivity index (χ0n) is 15.6. The van der Waals surface area contributed by atoms with Gasteiger partial charge in [0.1, 0.15) is 0 Å². The van der Waals surface area contributed by atoms with Gasteiger partial charge in [0.2, 0.25) is 6.79 Å². The van der Waals surface area contributed by atoms with Crippen LogP contribution >= 0.6 is 23.5 Å². The molecular formula is C21H21NO4S2. The second kappa shape index (κ2) is 10.2. The van der Waals surface area contributed by atoms with Crippen LogP contribution in [0.2, 0.25) is 0 Å². The van der Waals surface area contributed by atoms with E-state index in [1.54, 1.807) is 42.8 Å². The number of esters is 1. The largest absolute Gasteiger partial charge is 0.462 e. The molecule has 2 aromatic rings. The quantitative estimate of drug-likeness (QED) is 0.328. The van der Waals surface area contributed by atoms with Gasteiger partial charge < -0.3 is 14.2 Å². The summed E-state index contributed by atoms with van der Waals surface area (Å²) >= 11 is 3.15. The fourth-order valence-corrected chi connectivity index (χ4v) is 4.68. The first-order chi connectivity index (χ1) is 13.7. The van der Waals surface area contributed by atoms with E-state index in [2.05, 4.69) is 11.6 Å². The van der Waals surface area contributed by atoms with Gasteiger partial charge in [-0.2, -0.15) is 0 Å². The van der Waals surface area contributed by atoms with Crippen molar-refractivity contribution in [2.24, 2.45) is 0 Å². The van der Waals surface area contributed by atoms with Crippen molar-refractivity contribution in [3.8, 4) is 11.5 Å². The molecule has 0 unspecified atom stereocenters. The molecule has 3 rings (SSSR count). The maximum Gasteiger partial charge on any atom is 0.340 e. The van der Waals surface area contributed by atoms with Gasteiger partial charge >= 0.3 is 5.97 Å². The number of carbonyl (C=O) groups excluding carboxylic acids is 1. The van der Waals surface area contributed by atoms with Crippen molar-refractivity contribution in [3.63, 3.8) is 0 Å². The predicted molar refractivity (Wildman–Crippen MR) is 114 cm³/mol. The van der Waals surface area contributed by atoms with Gasteiger partial charge in [-0.3, -0.25) is 4.98 Å². The summed E-state index contributed by atoms with van der Waals surface area (Å²) in [5.74, 6) is 2.53. The summed E-state index contributed by atoms with van der Waals surface area (Å²) in [5, 5.41) is 0. The molecule has 1 aliphatic heterocycles. The second-order valence-electron chi connectivity index (χ2n) is 5.70. The standard InChI is InChI=1S/C21H21NO4S2/c1-3-10-27-21(19(20(23)24-4-2)16-6-5-9-22-12-16)28-13-15-7-8-17-18(11-15)26-14-25-17/h3,5-9,11-12H,1,4,10,13-14H2,2H3. The van der Waals surface area contributed by atoms with E-state index in [1.165, 1.54) is 0 Å². The molecule has 0 N–H and O–H groups in total. The maximum absolute atomic E-state index is 12.7. The number of rotatable bonds is 9. The van der Waals surface area contributed by atoms with E-state index in [0.29, 0.717) is 23.7 Å². The van der Waals surface area contributed by atoms with Crippen LogP contribution < -0.4 is 9.47 Å². The minimum Gasteiger partial charge on any atom is -0.462 e. The number of ether oxygens (including phenoxy) is 3. The Hall–Kier alpha value is -2.38. The number of carbonyl (C=O) groups is 1. The van der Waals surface area contributed by atoms with Crippen LogP contribution in [0, 0.1) is 0 Å². The second-order valence-corrected chi connectivity index (χ2v) is 7.97. The molecule has 0 bridgehead atoms. The average molecular weight is 416 g/mol. The van der Waals surface area contributed by atoms with E-state index in [4.69, 9.17) is 14.2 Å². The van der Waals surface area contributed by atoms with Gasteiger partial charge in [0, 0.05) is 29.5 Å². The van der Waals surface area contributed by atoms with Gasteiger partial charge in [-0.05, 0) is 30.7 Å². The first kappa shape index (κ1) is 20.4. The zero-order chi connectivity index (χ0) is 19.8. The van der Waals surface area contributed by atoms with E-state index >= 15 is 0 Å². The van der Waals surface area contributed by atoms with Crippen molar-refractivity contribution in [2.45, 2.75) is 12.7 Å². The van der Waals surface area contributed by atoms with Crippen molar-refractivity contribution < 1.29 is 19.0 Å². The lowest BCUT2D eigenvalue weighted by Crippen LogP contribution is -2.08. The molecule has 0 aliphatic carbocycles. The Morgan fingerprint density at radius 3 is 2.89 bits per heavy atom. The monoisotopic (exact) mass is 415 g/mol. The lowest BCUT2D eigenvalue weighted by Gasteiger charge is -2.14. The summed E-state index contributed by atoms with van der Waals surface area (Å²) in [6.07, 6.45) is 5.18. The highest BCUT2D eigenvalue weighted by atomic mass is 32.2. The highest BCUT2D eigenvalue weighted by Crippen LogP contribution is 2.40. The van der Waals surface area contributed by atoms with Crippen LogP contribution in [-0.2, 0) is 15.3 Å². The van der Waals surface area contributed by atoms with Crippen molar-refractivity contribution in [3.05, 3.63) is 70.7 Å². The molecule has 28 heavy (non-hydrogen) atoms. The first-order valence-electron chi connectivity index (χ1n) is 8.79. The highest BCUT2D eigenvalue weighted by molar-refractivity contribution is 8.22. The van der Waals surface area contributed by atoms with E-state index < -0.39 is 0 Å². The summed E-state index contributed by atoms with van der Waals surface area (Å²) in [5.41, 5.74) is 2.36. The molecule has 0 fully saturated rings. The summed E-state index contributed by atoms with van der Waals surface area (Å²) in [4.78, 5) is 16.9. The Labute approximate surface area is 173 Å². The molecule has 0 amide bonds. The molecule has 1 aliphatic rings. The number of nitrogens with zero attached hydrogens (tertiary/aromatic N) is 1. The Kier molecular flexibility index (Phi) is 7.45. The average Bonchev–Trinajstić information content (AvgIpc) is 3.18. The Morgan fingerprint density at radius 1 is 1.29 bits per heavy atom. The summed E-state index contributed by atoms with van der Waals surface area (Å²) in [7, 11) is 0. The summed E-state index contributed by atoms with van der Waals surface area (Å²) in [6.45, 7) is 6.16. The van der Waals surface area contributed by atoms with E-state index in [-0.39, 0.29) is 12.8 Å². The van der Waals surface area contributed by atoms with Crippen LogP contribution in [0.25, 0.3) is 5.57 Å². The number of thioether (sulfide) groups is 2. The van der Waals surface area contributed by atoms with Gasteiger partial charge in [-0.25, -0.2) is 4.79 Å². The Bertz CT molecular complexity index is 868. The molecule has 1 aromatic heterocycles.